The Morgan fingerprint density at radius 1 is 1.70 bits per heavy atom. The maximum absolute atomic E-state index is 4.15. The molecule has 0 aliphatic carbocycles. The summed E-state index contributed by atoms with van der Waals surface area (Å²) in [6.45, 7) is 2.16. The van der Waals surface area contributed by atoms with E-state index in [1.807, 2.05) is 23.1 Å². The number of rotatable bonds is 3. The third-order valence-corrected chi connectivity index (χ3v) is 3.82. The van der Waals surface area contributed by atoms with E-state index in [4.69, 9.17) is 0 Å². The quantitative estimate of drug-likeness (QED) is 0.564. The van der Waals surface area contributed by atoms with Gasteiger partial charge in [-0.1, -0.05) is 0 Å². The second-order valence-corrected chi connectivity index (χ2v) is 4.62. The molecule has 1 aromatic rings. The van der Waals surface area contributed by atoms with Crippen LogP contribution in [0.3, 0.4) is 0 Å². The molecular weight excluding hydrogens is 180 g/mol. The van der Waals surface area contributed by atoms with Crippen LogP contribution in [0, 0.1) is 6.92 Å². The molecule has 0 fully saturated rings. The fourth-order valence-electron chi connectivity index (χ4n) is 0.679. The highest BCUT2D eigenvalue weighted by Gasteiger charge is 1.97. The Hall–Kier alpha value is 0.400. The molecule has 0 aliphatic heterocycles. The van der Waals surface area contributed by atoms with Gasteiger partial charge in [-0.05, 0) is 24.1 Å². The number of hydrogen-bond donors (Lipinski definition) is 1. The molecule has 0 spiro atoms. The molecular formula is C7H10S3. The summed E-state index contributed by atoms with van der Waals surface area (Å²) < 4.78 is 0. The van der Waals surface area contributed by atoms with Gasteiger partial charge in [-0.15, -0.1) is 23.1 Å². The zero-order valence-electron chi connectivity index (χ0n) is 5.83. The van der Waals surface area contributed by atoms with Gasteiger partial charge in [-0.3, -0.25) is 0 Å². The number of aryl methyl sites for hydroxylation is 1. The summed E-state index contributed by atoms with van der Waals surface area (Å²) in [6, 6.07) is 2.17. The summed E-state index contributed by atoms with van der Waals surface area (Å²) in [7, 11) is 0. The van der Waals surface area contributed by atoms with Crippen molar-refractivity contribution in [3.63, 3.8) is 0 Å². The van der Waals surface area contributed by atoms with E-state index in [1.54, 1.807) is 0 Å². The van der Waals surface area contributed by atoms with E-state index >= 15 is 0 Å². The summed E-state index contributed by atoms with van der Waals surface area (Å²) >= 11 is 7.85. The molecule has 0 nitrogen and oxygen atoms in total. The molecule has 0 radical (unpaired) electrons. The lowest BCUT2D eigenvalue weighted by atomic mass is 10.5. The first kappa shape index (κ1) is 8.50. The molecule has 0 unspecified atom stereocenters. The van der Waals surface area contributed by atoms with Crippen LogP contribution in [0.4, 0.5) is 0 Å². The number of thiophene rings is 1. The highest BCUT2D eigenvalue weighted by atomic mass is 32.2. The summed E-state index contributed by atoms with van der Waals surface area (Å²) in [5, 5.41) is 2.14. The van der Waals surface area contributed by atoms with Crippen LogP contribution < -0.4 is 0 Å². The number of thioether (sulfide) groups is 1. The third-order valence-electron chi connectivity index (χ3n) is 1.16. The van der Waals surface area contributed by atoms with Crippen molar-refractivity contribution in [2.45, 2.75) is 11.8 Å². The fraction of sp³-hybridized carbons (Fsp3) is 0.429. The molecule has 10 heavy (non-hydrogen) atoms. The van der Waals surface area contributed by atoms with Crippen molar-refractivity contribution in [3.8, 4) is 0 Å². The van der Waals surface area contributed by atoms with E-state index in [2.05, 4.69) is 31.0 Å². The summed E-state index contributed by atoms with van der Waals surface area (Å²) in [4.78, 5) is 2.84. The van der Waals surface area contributed by atoms with E-state index in [-0.39, 0.29) is 0 Å². The van der Waals surface area contributed by atoms with Gasteiger partial charge in [-0.25, -0.2) is 0 Å². The molecule has 1 rings (SSSR count). The van der Waals surface area contributed by atoms with Crippen LogP contribution in [0.5, 0.6) is 0 Å². The molecule has 3 heteroatoms. The minimum absolute atomic E-state index is 0.958. The molecule has 1 heterocycles. The van der Waals surface area contributed by atoms with Crippen molar-refractivity contribution < 1.29 is 0 Å². The molecule has 0 bridgehead atoms. The number of thiol groups is 1. The SMILES string of the molecule is Cc1sccc1SCCS. The van der Waals surface area contributed by atoms with Crippen molar-refractivity contribution >= 4 is 35.7 Å². The average Bonchev–Trinajstić information content (AvgIpc) is 2.31. The van der Waals surface area contributed by atoms with Crippen LogP contribution >= 0.6 is 35.7 Å². The minimum Gasteiger partial charge on any atom is -0.178 e. The predicted molar refractivity (Wildman–Crippen MR) is 53.6 cm³/mol. The Bertz CT molecular complexity index is 192. The maximum atomic E-state index is 4.15. The van der Waals surface area contributed by atoms with Crippen LogP contribution in [0.1, 0.15) is 4.88 Å². The Balaban J connectivity index is 2.49. The van der Waals surface area contributed by atoms with Crippen LogP contribution in [0.25, 0.3) is 0 Å². The Morgan fingerprint density at radius 2 is 2.50 bits per heavy atom. The zero-order valence-corrected chi connectivity index (χ0v) is 8.36. The van der Waals surface area contributed by atoms with Gasteiger partial charge in [0, 0.05) is 15.5 Å². The Morgan fingerprint density at radius 3 is 3.00 bits per heavy atom. The normalized spacial score (nSPS) is 10.2. The molecule has 0 saturated carbocycles. The Labute approximate surface area is 75.4 Å². The van der Waals surface area contributed by atoms with Crippen molar-refractivity contribution in [2.24, 2.45) is 0 Å². The molecule has 0 saturated heterocycles. The molecule has 0 aliphatic rings. The predicted octanol–water partition coefficient (Wildman–Crippen LogP) is 3.08. The molecule has 0 atom stereocenters. The standard InChI is InChI=1S/C7H10S3/c1-6-7(2-4-9-6)10-5-3-8/h2,4,8H,3,5H2,1H3. The molecule has 0 aromatic carbocycles. The lowest BCUT2D eigenvalue weighted by Gasteiger charge is -1.95. The van der Waals surface area contributed by atoms with Crippen molar-refractivity contribution in [1.82, 2.24) is 0 Å². The van der Waals surface area contributed by atoms with E-state index in [9.17, 15) is 0 Å². The summed E-state index contributed by atoms with van der Waals surface area (Å²) in [5.74, 6) is 2.07. The molecule has 0 amide bonds. The molecule has 1 aromatic heterocycles. The second-order valence-electron chi connectivity index (χ2n) is 1.91. The maximum Gasteiger partial charge on any atom is 0.0209 e. The second kappa shape index (κ2) is 4.31. The van der Waals surface area contributed by atoms with Crippen molar-refractivity contribution in [1.29, 1.82) is 0 Å². The van der Waals surface area contributed by atoms with Gasteiger partial charge in [0.05, 0.1) is 0 Å². The molecule has 56 valence electrons. The van der Waals surface area contributed by atoms with Gasteiger partial charge in [0.2, 0.25) is 0 Å². The van der Waals surface area contributed by atoms with Gasteiger partial charge < -0.3 is 0 Å². The van der Waals surface area contributed by atoms with Crippen molar-refractivity contribution in [3.05, 3.63) is 16.3 Å². The van der Waals surface area contributed by atoms with E-state index < -0.39 is 0 Å². The van der Waals surface area contributed by atoms with Gasteiger partial charge in [0.15, 0.2) is 0 Å². The van der Waals surface area contributed by atoms with Crippen LogP contribution in [0.2, 0.25) is 0 Å². The van der Waals surface area contributed by atoms with E-state index in [0.717, 1.165) is 11.5 Å². The third kappa shape index (κ3) is 2.22. The average molecular weight is 190 g/mol. The first-order chi connectivity index (χ1) is 4.84. The van der Waals surface area contributed by atoms with Crippen LogP contribution in [0.15, 0.2) is 16.3 Å². The van der Waals surface area contributed by atoms with Crippen LogP contribution in [-0.4, -0.2) is 11.5 Å². The lowest BCUT2D eigenvalue weighted by Crippen LogP contribution is -1.77. The van der Waals surface area contributed by atoms with Gasteiger partial charge in [-0.2, -0.15) is 12.6 Å². The summed E-state index contributed by atoms with van der Waals surface area (Å²) in [5.41, 5.74) is 0. The Kier molecular flexibility index (Phi) is 3.66. The van der Waals surface area contributed by atoms with E-state index in [1.165, 1.54) is 9.77 Å². The first-order valence-electron chi connectivity index (χ1n) is 3.12. The summed E-state index contributed by atoms with van der Waals surface area (Å²) in [6.07, 6.45) is 0. The topological polar surface area (TPSA) is 0 Å². The lowest BCUT2D eigenvalue weighted by molar-refractivity contribution is 1.41. The fourth-order valence-corrected chi connectivity index (χ4v) is 2.63. The molecule has 0 N–H and O–H groups in total. The highest BCUT2D eigenvalue weighted by Crippen LogP contribution is 2.26. The zero-order chi connectivity index (χ0) is 7.40. The van der Waals surface area contributed by atoms with Gasteiger partial charge in [0.1, 0.15) is 0 Å². The monoisotopic (exact) mass is 190 g/mol. The van der Waals surface area contributed by atoms with Crippen LogP contribution in [-0.2, 0) is 0 Å². The minimum atomic E-state index is 0.958. The first-order valence-corrected chi connectivity index (χ1v) is 5.62. The largest absolute Gasteiger partial charge is 0.178 e. The van der Waals surface area contributed by atoms with Crippen molar-refractivity contribution in [2.75, 3.05) is 11.5 Å². The van der Waals surface area contributed by atoms with Gasteiger partial charge in [0.25, 0.3) is 0 Å². The smallest absolute Gasteiger partial charge is 0.0209 e. The van der Waals surface area contributed by atoms with Gasteiger partial charge >= 0.3 is 0 Å². The number of hydrogen-bond acceptors (Lipinski definition) is 3. The van der Waals surface area contributed by atoms with E-state index in [0.29, 0.717) is 0 Å². The highest BCUT2D eigenvalue weighted by molar-refractivity contribution is 8.00.